The number of carboxylic acids is 2. The first kappa shape index (κ1) is 39.6. The van der Waals surface area contributed by atoms with E-state index < -0.39 is 84.6 Å². The number of nitrogens with one attached hydrogen (secondary N) is 4. The number of nitrogens with two attached hydrogens (primary N) is 2. The summed E-state index contributed by atoms with van der Waals surface area (Å²) in [5.41, 5.74) is 11.9. The van der Waals surface area contributed by atoms with Gasteiger partial charge in [-0.2, -0.15) is 0 Å². The first-order valence-electron chi connectivity index (χ1n) is 16.2. The first-order valence-corrected chi connectivity index (χ1v) is 16.2. The Balaban J connectivity index is 2.19. The van der Waals surface area contributed by atoms with E-state index in [2.05, 4.69) is 21.3 Å². The summed E-state index contributed by atoms with van der Waals surface area (Å²) in [5, 5.41) is 28.8. The second kappa shape index (κ2) is 19.9. The van der Waals surface area contributed by atoms with Crippen LogP contribution >= 0.6 is 0 Å². The highest BCUT2D eigenvalue weighted by Gasteiger charge is 2.37. The largest absolute Gasteiger partial charge is 0.481 e. The molecule has 0 spiro atoms. The highest BCUT2D eigenvalue weighted by Crippen LogP contribution is 2.18. The molecule has 1 aliphatic rings. The SMILES string of the molecule is CC(C)C[C@H](NC(=O)[C@H](Cc1ccccc1)NC(=O)[C@H](CCCCN)NC(=O)[C@@H]1CCCN1C(=O)CNC(=O)[C@@H](N)CC(=O)O)C(=O)O. The lowest BCUT2D eigenvalue weighted by Crippen LogP contribution is -2.58. The van der Waals surface area contributed by atoms with Crippen LogP contribution in [0.3, 0.4) is 0 Å². The van der Waals surface area contributed by atoms with Crippen LogP contribution in [0.4, 0.5) is 0 Å². The molecular weight excluding hydrogens is 626 g/mol. The van der Waals surface area contributed by atoms with Crippen LogP contribution in [0, 0.1) is 5.92 Å². The zero-order valence-corrected chi connectivity index (χ0v) is 27.5. The third kappa shape index (κ3) is 13.3. The lowest BCUT2D eigenvalue weighted by atomic mass is 10.0. The minimum Gasteiger partial charge on any atom is -0.481 e. The number of likely N-dealkylation sites (tertiary alicyclic amines) is 1. The third-order valence-corrected chi connectivity index (χ3v) is 7.84. The average Bonchev–Trinajstić information content (AvgIpc) is 3.52. The quantitative estimate of drug-likeness (QED) is 0.0765. The van der Waals surface area contributed by atoms with Gasteiger partial charge in [0.2, 0.25) is 29.5 Å². The third-order valence-electron chi connectivity index (χ3n) is 7.84. The fourth-order valence-electron chi connectivity index (χ4n) is 5.34. The lowest BCUT2D eigenvalue weighted by molar-refractivity contribution is -0.143. The Labute approximate surface area is 279 Å². The van der Waals surface area contributed by atoms with Gasteiger partial charge in [0.05, 0.1) is 19.0 Å². The van der Waals surface area contributed by atoms with Crippen LogP contribution < -0.4 is 32.7 Å². The Morgan fingerprint density at radius 2 is 1.54 bits per heavy atom. The van der Waals surface area contributed by atoms with Gasteiger partial charge in [-0.25, -0.2) is 4.79 Å². The van der Waals surface area contributed by atoms with Crippen LogP contribution in [0.5, 0.6) is 0 Å². The molecule has 48 heavy (non-hydrogen) atoms. The molecule has 5 atom stereocenters. The van der Waals surface area contributed by atoms with Gasteiger partial charge in [0.1, 0.15) is 24.2 Å². The topological polar surface area (TPSA) is 263 Å². The summed E-state index contributed by atoms with van der Waals surface area (Å²) >= 11 is 0. The molecule has 1 aliphatic heterocycles. The van der Waals surface area contributed by atoms with Gasteiger partial charge < -0.3 is 47.8 Å². The van der Waals surface area contributed by atoms with Gasteiger partial charge in [0.25, 0.3) is 0 Å². The Kier molecular flexibility index (Phi) is 16.5. The predicted octanol–water partition coefficient (Wildman–Crippen LogP) is -1.15. The smallest absolute Gasteiger partial charge is 0.326 e. The summed E-state index contributed by atoms with van der Waals surface area (Å²) in [4.78, 5) is 89.6. The van der Waals surface area contributed by atoms with Crippen molar-refractivity contribution in [1.82, 2.24) is 26.2 Å². The molecule has 1 aromatic carbocycles. The normalized spacial score (nSPS) is 16.7. The van der Waals surface area contributed by atoms with E-state index in [9.17, 15) is 38.7 Å². The number of hydrogen-bond donors (Lipinski definition) is 8. The van der Waals surface area contributed by atoms with E-state index >= 15 is 0 Å². The number of carbonyl (C=O) groups excluding carboxylic acids is 5. The summed E-state index contributed by atoms with van der Waals surface area (Å²) in [6, 6.07) is 3.14. The second-order valence-corrected chi connectivity index (χ2v) is 12.3. The van der Waals surface area contributed by atoms with Crippen molar-refractivity contribution in [2.45, 2.75) is 95.4 Å². The molecule has 0 aromatic heterocycles. The molecule has 1 aromatic rings. The molecule has 0 radical (unpaired) electrons. The van der Waals surface area contributed by atoms with E-state index in [-0.39, 0.29) is 31.7 Å². The second-order valence-electron chi connectivity index (χ2n) is 12.3. The molecule has 1 saturated heterocycles. The van der Waals surface area contributed by atoms with Gasteiger partial charge in [0, 0.05) is 13.0 Å². The van der Waals surface area contributed by atoms with Crippen LogP contribution in [0.25, 0.3) is 0 Å². The molecular formula is C32H49N7O9. The van der Waals surface area contributed by atoms with Gasteiger partial charge in [-0.05, 0) is 56.6 Å². The highest BCUT2D eigenvalue weighted by molar-refractivity contribution is 5.96. The van der Waals surface area contributed by atoms with E-state index in [0.717, 1.165) is 0 Å². The Morgan fingerprint density at radius 3 is 2.15 bits per heavy atom. The Bertz CT molecular complexity index is 1280. The summed E-state index contributed by atoms with van der Waals surface area (Å²) in [7, 11) is 0. The van der Waals surface area contributed by atoms with E-state index in [1.807, 2.05) is 13.8 Å². The Morgan fingerprint density at radius 1 is 0.896 bits per heavy atom. The van der Waals surface area contributed by atoms with Crippen molar-refractivity contribution < 1.29 is 43.8 Å². The fraction of sp³-hybridized carbons (Fsp3) is 0.594. The van der Waals surface area contributed by atoms with Crippen molar-refractivity contribution in [1.29, 1.82) is 0 Å². The predicted molar refractivity (Wildman–Crippen MR) is 174 cm³/mol. The highest BCUT2D eigenvalue weighted by atomic mass is 16.4. The summed E-state index contributed by atoms with van der Waals surface area (Å²) in [5.74, 6) is -5.86. The molecule has 0 aliphatic carbocycles. The summed E-state index contributed by atoms with van der Waals surface area (Å²) in [6.45, 7) is 3.72. The van der Waals surface area contributed by atoms with Crippen LogP contribution in [-0.4, -0.2) is 106 Å². The molecule has 10 N–H and O–H groups in total. The minimum atomic E-state index is -1.35. The van der Waals surface area contributed by atoms with E-state index in [4.69, 9.17) is 16.6 Å². The van der Waals surface area contributed by atoms with Crippen molar-refractivity contribution >= 4 is 41.5 Å². The maximum absolute atomic E-state index is 13.7. The van der Waals surface area contributed by atoms with Crippen molar-refractivity contribution in [3.8, 4) is 0 Å². The number of nitrogens with zero attached hydrogens (tertiary/aromatic N) is 1. The van der Waals surface area contributed by atoms with Gasteiger partial charge in [-0.1, -0.05) is 44.2 Å². The molecule has 2 rings (SSSR count). The van der Waals surface area contributed by atoms with Crippen molar-refractivity contribution in [3.63, 3.8) is 0 Å². The van der Waals surface area contributed by atoms with Crippen molar-refractivity contribution in [2.75, 3.05) is 19.6 Å². The van der Waals surface area contributed by atoms with Gasteiger partial charge in [0.15, 0.2) is 0 Å². The molecule has 0 unspecified atom stereocenters. The first-order chi connectivity index (χ1) is 22.7. The maximum Gasteiger partial charge on any atom is 0.326 e. The van der Waals surface area contributed by atoms with Crippen LogP contribution in [0.15, 0.2) is 30.3 Å². The van der Waals surface area contributed by atoms with Crippen molar-refractivity contribution in [2.24, 2.45) is 17.4 Å². The summed E-state index contributed by atoms with van der Waals surface area (Å²) in [6.07, 6.45) is 1.61. The molecule has 0 bridgehead atoms. The fourth-order valence-corrected chi connectivity index (χ4v) is 5.34. The molecule has 16 heteroatoms. The van der Waals surface area contributed by atoms with Crippen LogP contribution in [0.1, 0.15) is 64.4 Å². The van der Waals surface area contributed by atoms with Gasteiger partial charge >= 0.3 is 11.9 Å². The number of benzene rings is 1. The molecule has 0 saturated carbocycles. The molecule has 16 nitrogen and oxygen atoms in total. The lowest BCUT2D eigenvalue weighted by Gasteiger charge is -2.28. The monoisotopic (exact) mass is 675 g/mol. The number of carboxylic acid groups (broad SMARTS) is 2. The number of aliphatic carboxylic acids is 2. The average molecular weight is 676 g/mol. The number of unbranched alkanes of at least 4 members (excludes halogenated alkanes) is 1. The standard InChI is InChI=1S/C32H49N7O9/c1-19(2)15-24(32(47)48)38-30(45)23(16-20-9-4-3-5-10-20)37-29(44)22(11-6-7-13-33)36-31(46)25-12-8-14-39(25)26(40)18-35-28(43)21(34)17-27(41)42/h3-5,9-10,19,21-25H,6-8,11-18,33-34H2,1-2H3,(H,35,43)(H,36,46)(H,37,44)(H,38,45)(H,41,42)(H,47,48)/t21-,22-,23-,24-,25-/m0/s1. The van der Waals surface area contributed by atoms with Gasteiger partial charge in [-0.15, -0.1) is 0 Å². The zero-order valence-electron chi connectivity index (χ0n) is 27.5. The number of hydrogen-bond acceptors (Lipinski definition) is 9. The Hall–Kier alpha value is -4.57. The van der Waals surface area contributed by atoms with Gasteiger partial charge in [-0.3, -0.25) is 28.8 Å². The molecule has 5 amide bonds. The van der Waals surface area contributed by atoms with Crippen LogP contribution in [-0.2, 0) is 40.0 Å². The maximum atomic E-state index is 13.7. The van der Waals surface area contributed by atoms with Crippen LogP contribution in [0.2, 0.25) is 0 Å². The minimum absolute atomic E-state index is 0.0245. The molecule has 1 heterocycles. The summed E-state index contributed by atoms with van der Waals surface area (Å²) < 4.78 is 0. The van der Waals surface area contributed by atoms with E-state index in [1.54, 1.807) is 30.3 Å². The van der Waals surface area contributed by atoms with E-state index in [0.29, 0.717) is 37.8 Å². The molecule has 266 valence electrons. The number of amides is 5. The van der Waals surface area contributed by atoms with E-state index in [1.165, 1.54) is 4.90 Å². The zero-order chi connectivity index (χ0) is 35.8. The molecule has 1 fully saturated rings. The number of carbonyl (C=O) groups is 7. The number of rotatable bonds is 20. The van der Waals surface area contributed by atoms with Crippen molar-refractivity contribution in [3.05, 3.63) is 35.9 Å².